The number of nitrogens with two attached hydrogens (primary N) is 1. The van der Waals surface area contributed by atoms with Crippen LogP contribution in [0.15, 0.2) is 36.4 Å². The molecule has 3 rings (SSSR count). The third-order valence-corrected chi connectivity index (χ3v) is 3.81. The van der Waals surface area contributed by atoms with E-state index in [1.165, 1.54) is 0 Å². The Hall–Kier alpha value is -2.52. The number of ether oxygens (including phenoxy) is 1. The van der Waals surface area contributed by atoms with Crippen LogP contribution in [-0.4, -0.2) is 12.6 Å². The van der Waals surface area contributed by atoms with Crippen LogP contribution in [0.5, 0.6) is 5.75 Å². The van der Waals surface area contributed by atoms with Crippen LogP contribution in [0, 0.1) is 11.3 Å². The highest BCUT2D eigenvalue weighted by Crippen LogP contribution is 2.43. The highest BCUT2D eigenvalue weighted by Gasteiger charge is 2.35. The van der Waals surface area contributed by atoms with Gasteiger partial charge in [0.05, 0.1) is 17.2 Å². The molecule has 0 saturated heterocycles. The lowest BCUT2D eigenvalue weighted by atomic mass is 9.96. The number of benzene rings is 2. The van der Waals surface area contributed by atoms with Crippen LogP contribution in [0.3, 0.4) is 0 Å². The molecule has 2 aromatic rings. The number of fused-ring (bicyclic) bond motifs is 1. The number of hydrogen-bond donors (Lipinski definition) is 1. The van der Waals surface area contributed by atoms with Gasteiger partial charge in [-0.15, -0.1) is 0 Å². The van der Waals surface area contributed by atoms with Crippen molar-refractivity contribution in [3.8, 4) is 22.9 Å². The molecular formula is C17H13F3N2O. The van der Waals surface area contributed by atoms with Crippen molar-refractivity contribution < 1.29 is 17.9 Å². The number of nitriles is 1. The van der Waals surface area contributed by atoms with Crippen LogP contribution in [0.25, 0.3) is 11.1 Å². The SMILES string of the molecule is N#Cc1ccc(-c2cc(C(F)(F)F)cc3c2OC(CN)C3)cc1. The van der Waals surface area contributed by atoms with Gasteiger partial charge < -0.3 is 10.5 Å². The lowest BCUT2D eigenvalue weighted by molar-refractivity contribution is -0.137. The minimum absolute atomic E-state index is 0.239. The van der Waals surface area contributed by atoms with Gasteiger partial charge in [0.15, 0.2) is 0 Å². The van der Waals surface area contributed by atoms with E-state index in [1.807, 2.05) is 6.07 Å². The zero-order valence-corrected chi connectivity index (χ0v) is 12.0. The van der Waals surface area contributed by atoms with Crippen molar-refractivity contribution in [1.29, 1.82) is 5.26 Å². The second-order valence-electron chi connectivity index (χ2n) is 5.38. The second-order valence-corrected chi connectivity index (χ2v) is 5.38. The molecule has 0 spiro atoms. The number of nitrogens with zero attached hydrogens (tertiary/aromatic N) is 1. The van der Waals surface area contributed by atoms with E-state index in [0.29, 0.717) is 34.4 Å². The molecule has 118 valence electrons. The van der Waals surface area contributed by atoms with Crippen LogP contribution in [0.2, 0.25) is 0 Å². The Labute approximate surface area is 131 Å². The van der Waals surface area contributed by atoms with E-state index in [2.05, 4.69) is 0 Å². The van der Waals surface area contributed by atoms with E-state index < -0.39 is 11.7 Å². The summed E-state index contributed by atoms with van der Waals surface area (Å²) in [5.41, 5.74) is 6.76. The Bertz CT molecular complexity index is 776. The summed E-state index contributed by atoms with van der Waals surface area (Å²) in [6.07, 6.45) is -4.39. The van der Waals surface area contributed by atoms with Gasteiger partial charge in [0.1, 0.15) is 11.9 Å². The molecule has 1 unspecified atom stereocenters. The molecule has 0 aliphatic carbocycles. The fourth-order valence-electron chi connectivity index (χ4n) is 2.67. The van der Waals surface area contributed by atoms with Crippen molar-refractivity contribution in [2.75, 3.05) is 6.54 Å². The highest BCUT2D eigenvalue weighted by atomic mass is 19.4. The van der Waals surface area contributed by atoms with Gasteiger partial charge in [-0.1, -0.05) is 12.1 Å². The summed E-state index contributed by atoms with van der Waals surface area (Å²) < 4.78 is 45.1. The Morgan fingerprint density at radius 3 is 2.48 bits per heavy atom. The van der Waals surface area contributed by atoms with Gasteiger partial charge in [0.2, 0.25) is 0 Å². The van der Waals surface area contributed by atoms with Crippen LogP contribution >= 0.6 is 0 Å². The molecule has 0 amide bonds. The molecule has 1 atom stereocenters. The maximum Gasteiger partial charge on any atom is 0.416 e. The van der Waals surface area contributed by atoms with E-state index in [-0.39, 0.29) is 12.6 Å². The fourth-order valence-corrected chi connectivity index (χ4v) is 2.67. The first kappa shape index (κ1) is 15.4. The van der Waals surface area contributed by atoms with Gasteiger partial charge in [-0.3, -0.25) is 0 Å². The Morgan fingerprint density at radius 1 is 1.22 bits per heavy atom. The Kier molecular flexibility index (Phi) is 3.74. The summed E-state index contributed by atoms with van der Waals surface area (Å²) in [5, 5.41) is 8.83. The largest absolute Gasteiger partial charge is 0.488 e. The summed E-state index contributed by atoms with van der Waals surface area (Å²) in [6.45, 7) is 0.239. The smallest absolute Gasteiger partial charge is 0.416 e. The van der Waals surface area contributed by atoms with Gasteiger partial charge >= 0.3 is 6.18 Å². The summed E-state index contributed by atoms with van der Waals surface area (Å²) in [6, 6.07) is 10.6. The summed E-state index contributed by atoms with van der Waals surface area (Å²) in [4.78, 5) is 0. The third-order valence-electron chi connectivity index (χ3n) is 3.81. The van der Waals surface area contributed by atoms with Crippen LogP contribution < -0.4 is 10.5 Å². The van der Waals surface area contributed by atoms with Gasteiger partial charge in [-0.2, -0.15) is 18.4 Å². The predicted molar refractivity (Wildman–Crippen MR) is 78.8 cm³/mol. The number of rotatable bonds is 2. The van der Waals surface area contributed by atoms with Crippen molar-refractivity contribution in [3.05, 3.63) is 53.1 Å². The van der Waals surface area contributed by atoms with E-state index >= 15 is 0 Å². The summed E-state index contributed by atoms with van der Waals surface area (Å²) >= 11 is 0. The van der Waals surface area contributed by atoms with E-state index in [4.69, 9.17) is 15.7 Å². The van der Waals surface area contributed by atoms with Crippen LogP contribution in [0.1, 0.15) is 16.7 Å². The van der Waals surface area contributed by atoms with Crippen molar-refractivity contribution in [2.45, 2.75) is 18.7 Å². The molecular weight excluding hydrogens is 305 g/mol. The van der Waals surface area contributed by atoms with Gasteiger partial charge in [-0.05, 0) is 35.4 Å². The lowest BCUT2D eigenvalue weighted by Crippen LogP contribution is -2.24. The monoisotopic (exact) mass is 318 g/mol. The molecule has 2 N–H and O–H groups in total. The second kappa shape index (κ2) is 5.60. The number of hydrogen-bond acceptors (Lipinski definition) is 3. The molecule has 1 aliphatic heterocycles. The van der Waals surface area contributed by atoms with E-state index in [9.17, 15) is 13.2 Å². The predicted octanol–water partition coefficient (Wildman–Crippen LogP) is 3.51. The molecule has 0 saturated carbocycles. The summed E-state index contributed by atoms with van der Waals surface area (Å²) in [5.74, 6) is 0.443. The molecule has 2 aromatic carbocycles. The molecule has 3 nitrogen and oxygen atoms in total. The fraction of sp³-hybridized carbons (Fsp3) is 0.235. The first-order chi connectivity index (χ1) is 10.9. The topological polar surface area (TPSA) is 59.0 Å². The minimum Gasteiger partial charge on any atom is -0.488 e. The highest BCUT2D eigenvalue weighted by molar-refractivity contribution is 5.74. The normalized spacial score (nSPS) is 16.6. The molecule has 0 radical (unpaired) electrons. The molecule has 1 heterocycles. The van der Waals surface area contributed by atoms with Gasteiger partial charge in [-0.25, -0.2) is 0 Å². The number of halogens is 3. The van der Waals surface area contributed by atoms with Crippen molar-refractivity contribution in [2.24, 2.45) is 5.73 Å². The maximum absolute atomic E-state index is 13.1. The first-order valence-corrected chi connectivity index (χ1v) is 7.03. The van der Waals surface area contributed by atoms with Crippen molar-refractivity contribution >= 4 is 0 Å². The molecule has 0 bridgehead atoms. The van der Waals surface area contributed by atoms with Crippen molar-refractivity contribution in [1.82, 2.24) is 0 Å². The van der Waals surface area contributed by atoms with Crippen LogP contribution in [-0.2, 0) is 12.6 Å². The Morgan fingerprint density at radius 2 is 1.91 bits per heavy atom. The quantitative estimate of drug-likeness (QED) is 0.922. The molecule has 0 fully saturated rings. The van der Waals surface area contributed by atoms with Crippen LogP contribution in [0.4, 0.5) is 13.2 Å². The van der Waals surface area contributed by atoms with Crippen molar-refractivity contribution in [3.63, 3.8) is 0 Å². The zero-order chi connectivity index (χ0) is 16.6. The van der Waals surface area contributed by atoms with Gasteiger partial charge in [0, 0.05) is 18.5 Å². The van der Waals surface area contributed by atoms with Gasteiger partial charge in [0.25, 0.3) is 0 Å². The first-order valence-electron chi connectivity index (χ1n) is 7.03. The molecule has 6 heteroatoms. The Balaban J connectivity index is 2.15. The average molecular weight is 318 g/mol. The lowest BCUT2D eigenvalue weighted by Gasteiger charge is -2.14. The average Bonchev–Trinajstić information content (AvgIpc) is 2.96. The molecule has 0 aromatic heterocycles. The summed E-state index contributed by atoms with van der Waals surface area (Å²) in [7, 11) is 0. The van der Waals surface area contributed by atoms with E-state index in [1.54, 1.807) is 24.3 Å². The molecule has 1 aliphatic rings. The third kappa shape index (κ3) is 2.88. The molecule has 23 heavy (non-hydrogen) atoms. The number of alkyl halides is 3. The zero-order valence-electron chi connectivity index (χ0n) is 12.0. The van der Waals surface area contributed by atoms with E-state index in [0.717, 1.165) is 12.1 Å². The maximum atomic E-state index is 13.1. The standard InChI is InChI=1S/C17H13F3N2O/c18-17(19,20)13-5-12-6-14(9-22)23-16(12)15(7-13)11-3-1-10(8-21)2-4-11/h1-5,7,14H,6,9,22H2. The minimum atomic E-state index is -4.43.